The maximum atomic E-state index is 13.2. The molecule has 0 aliphatic heterocycles. The summed E-state index contributed by atoms with van der Waals surface area (Å²) in [7, 11) is 0. The van der Waals surface area contributed by atoms with Crippen molar-refractivity contribution in [3.8, 4) is 11.1 Å². The van der Waals surface area contributed by atoms with Crippen molar-refractivity contribution in [2.24, 2.45) is 0 Å². The van der Waals surface area contributed by atoms with E-state index in [9.17, 15) is 4.39 Å². The summed E-state index contributed by atoms with van der Waals surface area (Å²) in [6.45, 7) is 0. The quantitative estimate of drug-likeness (QED) is 0.644. The molecular weight excluding hydrogens is 323 g/mol. The molecule has 0 fully saturated rings. The summed E-state index contributed by atoms with van der Waals surface area (Å²) in [5.74, 6) is -0.246. The Kier molecular flexibility index (Phi) is 3.22. The lowest BCUT2D eigenvalue weighted by molar-refractivity contribution is 0.627. The van der Waals surface area contributed by atoms with Gasteiger partial charge in [-0.05, 0) is 55.1 Å². The van der Waals surface area contributed by atoms with Gasteiger partial charge in [-0.15, -0.1) is 0 Å². The van der Waals surface area contributed by atoms with E-state index < -0.39 is 0 Å². The van der Waals surface area contributed by atoms with E-state index in [1.807, 2.05) is 30.3 Å². The Balaban J connectivity index is 2.63. The van der Waals surface area contributed by atoms with Gasteiger partial charge >= 0.3 is 0 Å². The van der Waals surface area contributed by atoms with E-state index in [0.29, 0.717) is 0 Å². The average molecular weight is 330 g/mol. The summed E-state index contributed by atoms with van der Waals surface area (Å²) in [4.78, 5) is 0. The van der Waals surface area contributed by atoms with Crippen LogP contribution in [0.4, 0.5) is 4.39 Å². The zero-order valence-corrected chi connectivity index (χ0v) is 10.8. The summed E-state index contributed by atoms with van der Waals surface area (Å²) in [5.41, 5.74) is 1.84. The molecule has 0 saturated heterocycles. The third kappa shape index (κ3) is 2.29. The highest BCUT2D eigenvalue weighted by Crippen LogP contribution is 2.34. The highest BCUT2D eigenvalue weighted by atomic mass is 79.9. The molecule has 0 saturated carbocycles. The third-order valence-corrected chi connectivity index (χ3v) is 4.09. The molecule has 76 valence electrons. The molecule has 2 rings (SSSR count). The zero-order valence-electron chi connectivity index (χ0n) is 7.68. The van der Waals surface area contributed by atoms with Gasteiger partial charge in [0.2, 0.25) is 0 Å². The van der Waals surface area contributed by atoms with Gasteiger partial charge in [-0.1, -0.05) is 30.3 Å². The molecular formula is C12H7Br2F. The molecule has 0 aromatic heterocycles. The topological polar surface area (TPSA) is 0 Å². The van der Waals surface area contributed by atoms with E-state index in [2.05, 4.69) is 31.9 Å². The Morgan fingerprint density at radius 1 is 0.933 bits per heavy atom. The lowest BCUT2D eigenvalue weighted by atomic mass is 10.1. The first-order valence-electron chi connectivity index (χ1n) is 4.38. The predicted octanol–water partition coefficient (Wildman–Crippen LogP) is 5.02. The molecule has 2 aromatic carbocycles. The van der Waals surface area contributed by atoms with Crippen LogP contribution in [-0.2, 0) is 0 Å². The van der Waals surface area contributed by atoms with Gasteiger partial charge < -0.3 is 0 Å². The van der Waals surface area contributed by atoms with Crippen molar-refractivity contribution in [1.82, 2.24) is 0 Å². The number of hydrogen-bond donors (Lipinski definition) is 0. The molecule has 15 heavy (non-hydrogen) atoms. The molecule has 0 N–H and O–H groups in total. The summed E-state index contributed by atoms with van der Waals surface area (Å²) in [6.07, 6.45) is 0. The lowest BCUT2D eigenvalue weighted by Crippen LogP contribution is -1.84. The molecule has 0 radical (unpaired) electrons. The first kappa shape index (κ1) is 10.8. The van der Waals surface area contributed by atoms with Crippen LogP contribution >= 0.6 is 31.9 Å². The van der Waals surface area contributed by atoms with Crippen LogP contribution in [0.2, 0.25) is 0 Å². The minimum atomic E-state index is -0.246. The molecule has 0 heterocycles. The molecule has 2 aromatic rings. The minimum Gasteiger partial charge on any atom is -0.207 e. The van der Waals surface area contributed by atoms with E-state index in [-0.39, 0.29) is 5.82 Å². The van der Waals surface area contributed by atoms with E-state index in [1.54, 1.807) is 0 Å². The Morgan fingerprint density at radius 3 is 2.27 bits per heavy atom. The van der Waals surface area contributed by atoms with Gasteiger partial charge in [-0.2, -0.15) is 0 Å². The predicted molar refractivity (Wildman–Crippen MR) is 67.2 cm³/mol. The van der Waals surface area contributed by atoms with E-state index >= 15 is 0 Å². The number of hydrogen-bond acceptors (Lipinski definition) is 0. The Labute approximate surface area is 104 Å². The Morgan fingerprint density at radius 2 is 1.60 bits per heavy atom. The van der Waals surface area contributed by atoms with Crippen LogP contribution in [0, 0.1) is 5.82 Å². The monoisotopic (exact) mass is 328 g/mol. The van der Waals surface area contributed by atoms with Crippen LogP contribution in [0.3, 0.4) is 0 Å². The standard InChI is InChI=1S/C12H7Br2F/c13-11-7-9(15)6-10(12(11)14)8-4-2-1-3-5-8/h1-7H. The molecule has 3 heteroatoms. The van der Waals surface area contributed by atoms with Gasteiger partial charge in [0.15, 0.2) is 0 Å². The normalized spacial score (nSPS) is 10.3. The first-order chi connectivity index (χ1) is 7.18. The molecule has 0 spiro atoms. The van der Waals surface area contributed by atoms with Gasteiger partial charge in [0, 0.05) is 8.95 Å². The second kappa shape index (κ2) is 4.45. The summed E-state index contributed by atoms with van der Waals surface area (Å²) in [6, 6.07) is 12.7. The van der Waals surface area contributed by atoms with Crippen molar-refractivity contribution < 1.29 is 4.39 Å². The van der Waals surface area contributed by atoms with Crippen LogP contribution < -0.4 is 0 Å². The Bertz CT molecular complexity index is 480. The van der Waals surface area contributed by atoms with E-state index in [1.165, 1.54) is 12.1 Å². The summed E-state index contributed by atoms with van der Waals surface area (Å²) >= 11 is 6.74. The van der Waals surface area contributed by atoms with Crippen molar-refractivity contribution in [2.45, 2.75) is 0 Å². The van der Waals surface area contributed by atoms with Gasteiger partial charge in [-0.25, -0.2) is 4.39 Å². The van der Waals surface area contributed by atoms with Crippen molar-refractivity contribution >= 4 is 31.9 Å². The molecule has 0 amide bonds. The fraction of sp³-hybridized carbons (Fsp3) is 0. The molecule has 0 bridgehead atoms. The third-order valence-electron chi connectivity index (χ3n) is 2.08. The molecule has 0 aliphatic carbocycles. The first-order valence-corrected chi connectivity index (χ1v) is 5.97. The smallest absolute Gasteiger partial charge is 0.125 e. The van der Waals surface area contributed by atoms with Crippen LogP contribution in [0.25, 0.3) is 11.1 Å². The SMILES string of the molecule is Fc1cc(Br)c(Br)c(-c2ccccc2)c1. The van der Waals surface area contributed by atoms with Crippen LogP contribution in [0.1, 0.15) is 0 Å². The molecule has 0 aliphatic rings. The highest BCUT2D eigenvalue weighted by molar-refractivity contribution is 9.13. The van der Waals surface area contributed by atoms with Crippen LogP contribution in [0.15, 0.2) is 51.4 Å². The van der Waals surface area contributed by atoms with Crippen molar-refractivity contribution in [3.63, 3.8) is 0 Å². The number of rotatable bonds is 1. The fourth-order valence-corrected chi connectivity index (χ4v) is 2.27. The van der Waals surface area contributed by atoms with Gasteiger partial charge in [-0.3, -0.25) is 0 Å². The maximum Gasteiger partial charge on any atom is 0.125 e. The average Bonchev–Trinajstić information content (AvgIpc) is 2.24. The maximum absolute atomic E-state index is 13.2. The molecule has 0 atom stereocenters. The minimum absolute atomic E-state index is 0.246. The highest BCUT2D eigenvalue weighted by Gasteiger charge is 2.08. The van der Waals surface area contributed by atoms with Gasteiger partial charge in [0.25, 0.3) is 0 Å². The zero-order chi connectivity index (χ0) is 10.8. The van der Waals surface area contributed by atoms with Crippen molar-refractivity contribution in [1.29, 1.82) is 0 Å². The lowest BCUT2D eigenvalue weighted by Gasteiger charge is -2.06. The number of halogens is 3. The van der Waals surface area contributed by atoms with E-state index in [4.69, 9.17) is 0 Å². The largest absolute Gasteiger partial charge is 0.207 e. The second-order valence-electron chi connectivity index (χ2n) is 3.12. The second-order valence-corrected chi connectivity index (χ2v) is 4.76. The fourth-order valence-electron chi connectivity index (χ4n) is 1.38. The number of benzene rings is 2. The van der Waals surface area contributed by atoms with Crippen LogP contribution in [0.5, 0.6) is 0 Å². The van der Waals surface area contributed by atoms with Crippen molar-refractivity contribution in [3.05, 3.63) is 57.2 Å². The summed E-state index contributed by atoms with van der Waals surface area (Å²) < 4.78 is 14.8. The summed E-state index contributed by atoms with van der Waals surface area (Å²) in [5, 5.41) is 0. The van der Waals surface area contributed by atoms with E-state index in [0.717, 1.165) is 20.1 Å². The van der Waals surface area contributed by atoms with Crippen molar-refractivity contribution in [2.75, 3.05) is 0 Å². The van der Waals surface area contributed by atoms with Crippen LogP contribution in [-0.4, -0.2) is 0 Å². The molecule has 0 nitrogen and oxygen atoms in total. The Hall–Kier alpha value is -0.670. The van der Waals surface area contributed by atoms with Gasteiger partial charge in [0.1, 0.15) is 5.82 Å². The molecule has 0 unspecified atom stereocenters. The van der Waals surface area contributed by atoms with Gasteiger partial charge in [0.05, 0.1) is 0 Å².